The van der Waals surface area contributed by atoms with E-state index in [9.17, 15) is 10.4 Å². The molecule has 0 aromatic heterocycles. The van der Waals surface area contributed by atoms with Crippen molar-refractivity contribution in [2.24, 2.45) is 5.28 Å². The molecule has 0 amide bonds. The summed E-state index contributed by atoms with van der Waals surface area (Å²) in [5.74, 6) is 0. The van der Waals surface area contributed by atoms with Crippen LogP contribution in [0.4, 0.5) is 0 Å². The van der Waals surface area contributed by atoms with Crippen molar-refractivity contribution in [3.8, 4) is 0 Å². The summed E-state index contributed by atoms with van der Waals surface area (Å²) in [6.07, 6.45) is 0. The zero-order valence-electron chi connectivity index (χ0n) is 9.83. The van der Waals surface area contributed by atoms with Crippen LogP contribution in [0.1, 0.15) is 19.4 Å². The molecule has 1 aromatic carbocycles. The Morgan fingerprint density at radius 2 is 1.88 bits per heavy atom. The molecule has 0 atom stereocenters. The van der Waals surface area contributed by atoms with Crippen LogP contribution in [0.15, 0.2) is 35.6 Å². The Balaban J connectivity index is 0.00000225. The van der Waals surface area contributed by atoms with Crippen molar-refractivity contribution in [2.75, 3.05) is 0 Å². The largest absolute Gasteiger partial charge is 1.00 e. The fraction of sp³-hybridized carbons (Fsp3) is 0.400. The molecule has 0 radical (unpaired) electrons. The molecule has 1 rings (SSSR count). The normalized spacial score (nSPS) is 11.1. The van der Waals surface area contributed by atoms with Crippen LogP contribution in [-0.4, -0.2) is 16.0 Å². The molecular weight excluding hydrogens is 217 g/mol. The minimum absolute atomic E-state index is 0. The third-order valence-electron chi connectivity index (χ3n) is 2.07. The van der Waals surface area contributed by atoms with Crippen molar-refractivity contribution >= 4 is 0 Å². The van der Waals surface area contributed by atoms with Crippen LogP contribution in [-0.2, 0) is 6.54 Å². The van der Waals surface area contributed by atoms with Crippen LogP contribution in [0.25, 0.3) is 0 Å². The van der Waals surface area contributed by atoms with E-state index in [1.165, 1.54) is 5.01 Å². The van der Waals surface area contributed by atoms with Crippen LogP contribution >= 0.6 is 0 Å². The van der Waals surface area contributed by atoms with Gasteiger partial charge < -0.3 is 10.4 Å². The molecule has 0 bridgehead atoms. The molecule has 0 aliphatic heterocycles. The van der Waals surface area contributed by atoms with Crippen molar-refractivity contribution < 1.29 is 34.5 Å². The molecule has 0 saturated heterocycles. The predicted octanol–water partition coefficient (Wildman–Crippen LogP) is -0.724. The number of rotatable bonds is 4. The first kappa shape index (κ1) is 15.2. The second-order valence-electron chi connectivity index (χ2n) is 3.51. The number of hydrogen-bond acceptors (Lipinski definition) is 3. The fourth-order valence-corrected chi connectivity index (χ4v) is 1.26. The first-order valence-electron chi connectivity index (χ1n) is 4.76. The van der Waals surface area contributed by atoms with Gasteiger partial charge in [0.2, 0.25) is 0 Å². The van der Waals surface area contributed by atoms with Crippen LogP contribution < -0.4 is 29.6 Å². The van der Waals surface area contributed by atoms with Crippen LogP contribution in [0.3, 0.4) is 0 Å². The molecule has 0 fully saturated rings. The predicted molar refractivity (Wildman–Crippen MR) is 56.5 cm³/mol. The number of nitrogens with zero attached hydrogens (tertiary/aromatic N) is 3. The van der Waals surface area contributed by atoms with E-state index in [1.54, 1.807) is 0 Å². The van der Waals surface area contributed by atoms with E-state index in [-0.39, 0.29) is 40.6 Å². The Bertz CT molecular complexity index is 330. The Kier molecular flexibility index (Phi) is 7.12. The number of benzene rings is 1. The van der Waals surface area contributed by atoms with Gasteiger partial charge in [-0.05, 0) is 24.7 Å². The maximum absolute atomic E-state index is 11.1. The quantitative estimate of drug-likeness (QED) is 0.297. The molecule has 0 spiro atoms. The van der Waals surface area contributed by atoms with Gasteiger partial charge in [0.1, 0.15) is 6.54 Å². The van der Waals surface area contributed by atoms with E-state index in [2.05, 4.69) is 5.28 Å². The molecule has 0 aliphatic carbocycles. The molecule has 0 N–H and O–H groups in total. The zero-order valence-corrected chi connectivity index (χ0v) is 11.8. The Morgan fingerprint density at radius 3 is 2.31 bits per heavy atom. The van der Waals surface area contributed by atoms with Gasteiger partial charge in [-0.25, -0.2) is 0 Å². The van der Waals surface area contributed by atoms with Gasteiger partial charge in [-0.2, -0.15) is 0 Å². The summed E-state index contributed by atoms with van der Waals surface area (Å²) >= 11 is 0. The third kappa shape index (κ3) is 4.38. The molecule has 16 heavy (non-hydrogen) atoms. The fourth-order valence-electron chi connectivity index (χ4n) is 1.26. The van der Waals surface area contributed by atoms with Gasteiger partial charge in [-0.3, -0.25) is 0 Å². The van der Waals surface area contributed by atoms with E-state index >= 15 is 0 Å². The van der Waals surface area contributed by atoms with Gasteiger partial charge in [0.15, 0.2) is 0 Å². The summed E-state index contributed by atoms with van der Waals surface area (Å²) in [7, 11) is 0. The van der Waals surface area contributed by atoms with Crippen LogP contribution in [0, 0.1) is 10.4 Å². The van der Waals surface area contributed by atoms with E-state index in [0.29, 0.717) is 6.54 Å². The van der Waals surface area contributed by atoms with Gasteiger partial charge in [0.25, 0.3) is 0 Å². The molecule has 0 aliphatic rings. The van der Waals surface area contributed by atoms with Crippen molar-refractivity contribution in [3.63, 3.8) is 0 Å². The summed E-state index contributed by atoms with van der Waals surface area (Å²) in [6, 6.07) is 9.40. The monoisotopic (exact) mass is 231 g/mol. The average Bonchev–Trinajstić information content (AvgIpc) is 2.26. The summed E-state index contributed by atoms with van der Waals surface area (Å²) in [5.41, 5.74) is 0.968. The number of hydrazine groups is 1. The molecule has 0 heterocycles. The van der Waals surface area contributed by atoms with E-state index in [4.69, 9.17) is 0 Å². The smallest absolute Gasteiger partial charge is 0.737 e. The first-order chi connectivity index (χ1) is 7.15. The summed E-state index contributed by atoms with van der Waals surface area (Å²) in [5, 5.41) is 25.0. The zero-order chi connectivity index (χ0) is 11.3. The van der Waals surface area contributed by atoms with Crippen LogP contribution in [0.2, 0.25) is 0 Å². The Labute approximate surface area is 117 Å². The summed E-state index contributed by atoms with van der Waals surface area (Å²) in [6.45, 7) is 4.05. The third-order valence-corrected chi connectivity index (χ3v) is 2.07. The summed E-state index contributed by atoms with van der Waals surface area (Å²) < 4.78 is 0. The molecular formula is C10H14N3NaO2. The second kappa shape index (κ2) is 7.49. The van der Waals surface area contributed by atoms with E-state index < -0.39 is 0 Å². The van der Waals surface area contributed by atoms with Gasteiger partial charge in [-0.1, -0.05) is 30.3 Å². The van der Waals surface area contributed by atoms with Crippen molar-refractivity contribution in [3.05, 3.63) is 46.3 Å². The van der Waals surface area contributed by atoms with Crippen molar-refractivity contribution in [1.82, 2.24) is 5.01 Å². The topological polar surface area (TPSA) is 64.7 Å². The van der Waals surface area contributed by atoms with E-state index in [1.807, 2.05) is 44.2 Å². The first-order valence-corrected chi connectivity index (χ1v) is 4.76. The second-order valence-corrected chi connectivity index (χ2v) is 3.51. The molecule has 6 heteroatoms. The average molecular weight is 231 g/mol. The minimum Gasteiger partial charge on any atom is -0.737 e. The maximum Gasteiger partial charge on any atom is 1.00 e. The molecule has 0 saturated carbocycles. The van der Waals surface area contributed by atoms with Gasteiger partial charge >= 0.3 is 29.6 Å². The molecule has 5 nitrogen and oxygen atoms in total. The molecule has 0 unspecified atom stereocenters. The SMILES string of the molecule is CC(C)N(Cc1ccccc1)/[N+]([O-])=N/[O-].[Na+]. The Hall–Kier alpha value is -0.780. The summed E-state index contributed by atoms with van der Waals surface area (Å²) in [4.78, 5) is 0.0949. The maximum atomic E-state index is 11.1. The standard InChI is InChI=1S/C10H15N3O2.Na/c1-9(2)12(13(15)11-14)8-10-6-4-3-5-7-10;/h3-7,9,14H,8H2,1-2H3;/q;+1/p-1/b13-11-;. The van der Waals surface area contributed by atoms with Crippen molar-refractivity contribution in [2.45, 2.75) is 26.4 Å². The minimum atomic E-state index is -0.0691. The van der Waals surface area contributed by atoms with Gasteiger partial charge in [0, 0.05) is 4.97 Å². The van der Waals surface area contributed by atoms with Crippen LogP contribution in [0.5, 0.6) is 0 Å². The van der Waals surface area contributed by atoms with Gasteiger partial charge in [-0.15, -0.1) is 5.01 Å². The number of hydrogen-bond donors (Lipinski definition) is 0. The van der Waals surface area contributed by atoms with Gasteiger partial charge in [0.05, 0.1) is 6.04 Å². The molecule has 82 valence electrons. The van der Waals surface area contributed by atoms with Crippen molar-refractivity contribution in [1.29, 1.82) is 0 Å². The van der Waals surface area contributed by atoms with E-state index in [0.717, 1.165) is 5.56 Å². The Morgan fingerprint density at radius 1 is 1.31 bits per heavy atom. The molecule has 1 aromatic rings.